The van der Waals surface area contributed by atoms with Gasteiger partial charge >= 0.3 is 0 Å². The molecule has 0 saturated carbocycles. The van der Waals surface area contributed by atoms with Crippen molar-refractivity contribution in [1.82, 2.24) is 20.5 Å². The van der Waals surface area contributed by atoms with Crippen molar-refractivity contribution in [3.8, 4) is 0 Å². The minimum absolute atomic E-state index is 0. The normalized spacial score (nSPS) is 19.1. The number of halogens is 1. The summed E-state index contributed by atoms with van der Waals surface area (Å²) in [6.07, 6.45) is 4.48. The van der Waals surface area contributed by atoms with E-state index in [2.05, 4.69) is 60.3 Å². The van der Waals surface area contributed by atoms with Crippen LogP contribution in [0.4, 0.5) is 5.82 Å². The molecular weight excluding hydrogens is 503 g/mol. The van der Waals surface area contributed by atoms with E-state index in [0.29, 0.717) is 6.54 Å². The number of aromatic nitrogens is 1. The highest BCUT2D eigenvalue weighted by Gasteiger charge is 2.28. The molecule has 0 aliphatic carbocycles. The highest BCUT2D eigenvalue weighted by molar-refractivity contribution is 14.0. The summed E-state index contributed by atoms with van der Waals surface area (Å²) in [5.41, 5.74) is 1.18. The van der Waals surface area contributed by atoms with E-state index in [1.807, 2.05) is 6.20 Å². The molecule has 1 aromatic heterocycles. The van der Waals surface area contributed by atoms with Gasteiger partial charge in [-0.15, -0.1) is 24.0 Å². The van der Waals surface area contributed by atoms with Crippen LogP contribution in [0.5, 0.6) is 0 Å². The highest BCUT2D eigenvalue weighted by Crippen LogP contribution is 2.21. The number of piperidine rings is 1. The first-order valence-electron chi connectivity index (χ1n) is 11.5. The summed E-state index contributed by atoms with van der Waals surface area (Å²) in [7, 11) is 0. The zero-order chi connectivity index (χ0) is 21.4. The Hall–Kier alpha value is -1.13. The lowest BCUT2D eigenvalue weighted by molar-refractivity contribution is -0.00834. The molecule has 0 amide bonds. The first-order chi connectivity index (χ1) is 14.5. The van der Waals surface area contributed by atoms with Gasteiger partial charge < -0.3 is 20.3 Å². The quantitative estimate of drug-likeness (QED) is 0.313. The summed E-state index contributed by atoms with van der Waals surface area (Å²) in [4.78, 5) is 14.4. The molecule has 176 valence electrons. The number of nitrogens with zero attached hydrogens (tertiary/aromatic N) is 4. The first kappa shape index (κ1) is 26.1. The van der Waals surface area contributed by atoms with Crippen molar-refractivity contribution in [2.75, 3.05) is 57.4 Å². The van der Waals surface area contributed by atoms with E-state index in [0.717, 1.165) is 75.7 Å². The molecule has 8 heteroatoms. The Bertz CT molecular complexity index is 667. The number of ether oxygens (including phenoxy) is 1. The average Bonchev–Trinajstić information content (AvgIpc) is 2.77. The van der Waals surface area contributed by atoms with Gasteiger partial charge in [-0.1, -0.05) is 13.0 Å². The molecule has 3 heterocycles. The third-order valence-electron chi connectivity index (χ3n) is 6.24. The Labute approximate surface area is 205 Å². The third-order valence-corrected chi connectivity index (χ3v) is 6.24. The van der Waals surface area contributed by atoms with Gasteiger partial charge in [-0.25, -0.2) is 9.98 Å². The summed E-state index contributed by atoms with van der Waals surface area (Å²) in [6.45, 7) is 17.1. The Morgan fingerprint density at radius 3 is 2.48 bits per heavy atom. The fourth-order valence-corrected chi connectivity index (χ4v) is 4.03. The van der Waals surface area contributed by atoms with Gasteiger partial charge in [0.2, 0.25) is 0 Å². The summed E-state index contributed by atoms with van der Waals surface area (Å²) in [6, 6.07) is 4.30. The number of nitrogens with one attached hydrogen (secondary N) is 2. The molecule has 2 N–H and O–H groups in total. The van der Waals surface area contributed by atoms with Crippen molar-refractivity contribution in [2.24, 2.45) is 10.9 Å². The van der Waals surface area contributed by atoms with Gasteiger partial charge in [-0.2, -0.15) is 0 Å². The van der Waals surface area contributed by atoms with Crippen molar-refractivity contribution in [3.05, 3.63) is 23.9 Å². The molecule has 1 aromatic rings. The first-order valence-corrected chi connectivity index (χ1v) is 11.5. The van der Waals surface area contributed by atoms with Crippen LogP contribution in [0.2, 0.25) is 0 Å². The van der Waals surface area contributed by atoms with Gasteiger partial charge in [0, 0.05) is 51.0 Å². The molecule has 0 atom stereocenters. The molecular formula is C23H41IN6O. The van der Waals surface area contributed by atoms with Crippen LogP contribution >= 0.6 is 24.0 Å². The fourth-order valence-electron chi connectivity index (χ4n) is 4.03. The number of hydrogen-bond acceptors (Lipinski definition) is 5. The maximum Gasteiger partial charge on any atom is 0.191 e. The van der Waals surface area contributed by atoms with Crippen molar-refractivity contribution in [2.45, 2.75) is 52.6 Å². The van der Waals surface area contributed by atoms with Crippen LogP contribution in [-0.2, 0) is 11.3 Å². The number of hydrogen-bond donors (Lipinski definition) is 2. The molecule has 2 aliphatic rings. The lowest BCUT2D eigenvalue weighted by atomic mass is 9.99. The highest BCUT2D eigenvalue weighted by atomic mass is 127. The lowest BCUT2D eigenvalue weighted by Crippen LogP contribution is -2.56. The van der Waals surface area contributed by atoms with E-state index < -0.39 is 0 Å². The zero-order valence-corrected chi connectivity index (χ0v) is 22.0. The Morgan fingerprint density at radius 2 is 1.87 bits per heavy atom. The number of aliphatic imine (C=N–C) groups is 1. The van der Waals surface area contributed by atoms with E-state index in [1.54, 1.807) is 0 Å². The van der Waals surface area contributed by atoms with Gasteiger partial charge in [0.1, 0.15) is 5.82 Å². The minimum atomic E-state index is 0. The van der Waals surface area contributed by atoms with Gasteiger partial charge in [-0.05, 0) is 51.2 Å². The lowest BCUT2D eigenvalue weighted by Gasteiger charge is -2.41. The monoisotopic (exact) mass is 544 g/mol. The van der Waals surface area contributed by atoms with Gasteiger partial charge in [-0.3, -0.25) is 4.90 Å². The third kappa shape index (κ3) is 8.05. The van der Waals surface area contributed by atoms with Crippen LogP contribution in [0.25, 0.3) is 0 Å². The second-order valence-electron chi connectivity index (χ2n) is 9.15. The van der Waals surface area contributed by atoms with Crippen LogP contribution in [0.1, 0.15) is 46.1 Å². The second kappa shape index (κ2) is 12.8. The van der Waals surface area contributed by atoms with Crippen LogP contribution < -0.4 is 15.5 Å². The molecule has 31 heavy (non-hydrogen) atoms. The molecule has 3 rings (SSSR count). The smallest absolute Gasteiger partial charge is 0.191 e. The molecule has 0 aromatic carbocycles. The molecule has 2 aliphatic heterocycles. The van der Waals surface area contributed by atoms with Gasteiger partial charge in [0.15, 0.2) is 5.96 Å². The van der Waals surface area contributed by atoms with E-state index in [-0.39, 0.29) is 29.5 Å². The summed E-state index contributed by atoms with van der Waals surface area (Å²) in [5.74, 6) is 2.78. The predicted octanol–water partition coefficient (Wildman–Crippen LogP) is 3.10. The van der Waals surface area contributed by atoms with E-state index in [1.165, 1.54) is 12.8 Å². The number of pyridine rings is 1. The summed E-state index contributed by atoms with van der Waals surface area (Å²) < 4.78 is 5.49. The zero-order valence-electron chi connectivity index (χ0n) is 19.7. The Balaban J connectivity index is 0.00000341. The SMILES string of the molecule is CCNC(=NCc1ccc(N2CCC(C)CC2)nc1)NCC(C)(C)N1CCOCC1.I. The van der Waals surface area contributed by atoms with Crippen molar-refractivity contribution in [3.63, 3.8) is 0 Å². The average molecular weight is 545 g/mol. The standard InChI is InChI=1S/C23H40N6O.HI/c1-5-24-22(27-18-23(3,4)29-12-14-30-15-13-29)26-17-20-6-7-21(25-16-20)28-10-8-19(2)9-11-28;/h6-7,16,19H,5,8-15,17-18H2,1-4H3,(H2,24,26,27);1H. The van der Waals surface area contributed by atoms with Crippen LogP contribution in [-0.4, -0.2) is 73.9 Å². The minimum Gasteiger partial charge on any atom is -0.379 e. The van der Waals surface area contributed by atoms with Crippen LogP contribution in [0, 0.1) is 5.92 Å². The number of rotatable bonds is 7. The Kier molecular flexibility index (Phi) is 10.8. The van der Waals surface area contributed by atoms with Crippen molar-refractivity contribution in [1.29, 1.82) is 0 Å². The maximum atomic E-state index is 5.49. The summed E-state index contributed by atoms with van der Waals surface area (Å²) >= 11 is 0. The van der Waals surface area contributed by atoms with Gasteiger partial charge in [0.25, 0.3) is 0 Å². The molecule has 0 spiro atoms. The maximum absolute atomic E-state index is 5.49. The van der Waals surface area contributed by atoms with Gasteiger partial charge in [0.05, 0.1) is 19.8 Å². The largest absolute Gasteiger partial charge is 0.379 e. The van der Waals surface area contributed by atoms with E-state index >= 15 is 0 Å². The number of morpholine rings is 1. The van der Waals surface area contributed by atoms with Crippen molar-refractivity contribution >= 4 is 35.8 Å². The molecule has 0 unspecified atom stereocenters. The molecule has 0 bridgehead atoms. The number of guanidine groups is 1. The number of anilines is 1. The van der Waals surface area contributed by atoms with E-state index in [9.17, 15) is 0 Å². The second-order valence-corrected chi connectivity index (χ2v) is 9.15. The fraction of sp³-hybridized carbons (Fsp3) is 0.739. The Morgan fingerprint density at radius 1 is 1.16 bits per heavy atom. The predicted molar refractivity (Wildman–Crippen MR) is 140 cm³/mol. The molecule has 2 fully saturated rings. The van der Waals surface area contributed by atoms with Crippen LogP contribution in [0.3, 0.4) is 0 Å². The topological polar surface area (TPSA) is 65.0 Å². The van der Waals surface area contributed by atoms with Crippen LogP contribution in [0.15, 0.2) is 23.3 Å². The summed E-state index contributed by atoms with van der Waals surface area (Å²) in [5, 5.41) is 6.89. The van der Waals surface area contributed by atoms with Crippen molar-refractivity contribution < 1.29 is 4.74 Å². The molecule has 0 radical (unpaired) electrons. The molecule has 2 saturated heterocycles. The van der Waals surface area contributed by atoms with E-state index in [4.69, 9.17) is 14.7 Å². The molecule has 7 nitrogen and oxygen atoms in total.